The van der Waals surface area contributed by atoms with Gasteiger partial charge in [-0.1, -0.05) is 13.0 Å². The number of hydrogen-bond acceptors (Lipinski definition) is 3. The third-order valence-corrected chi connectivity index (χ3v) is 4.07. The number of sulfonamides is 1. The van der Waals surface area contributed by atoms with Crippen LogP contribution in [0, 0.1) is 5.92 Å². The first-order chi connectivity index (χ1) is 6.45. The highest BCUT2D eigenvalue weighted by molar-refractivity contribution is 7.89. The van der Waals surface area contributed by atoms with Crippen molar-refractivity contribution in [2.24, 2.45) is 5.92 Å². The average Bonchev–Trinajstić information content (AvgIpc) is 2.02. The highest BCUT2D eigenvalue weighted by atomic mass is 32.2. The molecule has 1 fully saturated rings. The van der Waals surface area contributed by atoms with Crippen LogP contribution in [0.15, 0.2) is 12.7 Å². The van der Waals surface area contributed by atoms with E-state index in [9.17, 15) is 13.5 Å². The Bertz CT molecular complexity index is 289. The van der Waals surface area contributed by atoms with Gasteiger partial charge in [0.1, 0.15) is 0 Å². The van der Waals surface area contributed by atoms with E-state index < -0.39 is 16.1 Å². The normalized spacial score (nSPS) is 30.1. The molecule has 1 rings (SSSR count). The van der Waals surface area contributed by atoms with Crippen molar-refractivity contribution in [3.05, 3.63) is 12.7 Å². The van der Waals surface area contributed by atoms with Crippen molar-refractivity contribution in [3.8, 4) is 0 Å². The second kappa shape index (κ2) is 4.42. The lowest BCUT2D eigenvalue weighted by molar-refractivity contribution is 0.0822. The van der Waals surface area contributed by atoms with Gasteiger partial charge in [0, 0.05) is 13.1 Å². The molecule has 0 spiro atoms. The number of piperidine rings is 1. The minimum atomic E-state index is -3.24. The first-order valence-electron chi connectivity index (χ1n) is 4.72. The van der Waals surface area contributed by atoms with Gasteiger partial charge in [0.05, 0.1) is 11.9 Å². The first kappa shape index (κ1) is 11.7. The molecule has 0 aromatic heterocycles. The summed E-state index contributed by atoms with van der Waals surface area (Å²) < 4.78 is 24.6. The van der Waals surface area contributed by atoms with E-state index in [-0.39, 0.29) is 18.2 Å². The number of aliphatic hydroxyl groups excluding tert-OH is 1. The van der Waals surface area contributed by atoms with Gasteiger partial charge in [0.25, 0.3) is 0 Å². The Hall–Kier alpha value is -0.390. The summed E-state index contributed by atoms with van der Waals surface area (Å²) in [4.78, 5) is 0. The van der Waals surface area contributed by atoms with Crippen LogP contribution < -0.4 is 0 Å². The number of aliphatic hydroxyl groups is 1. The van der Waals surface area contributed by atoms with Crippen molar-refractivity contribution >= 4 is 10.0 Å². The minimum absolute atomic E-state index is 0.0492. The van der Waals surface area contributed by atoms with Crippen molar-refractivity contribution in [1.29, 1.82) is 0 Å². The van der Waals surface area contributed by atoms with Crippen LogP contribution >= 0.6 is 0 Å². The molecule has 4 nitrogen and oxygen atoms in total. The summed E-state index contributed by atoms with van der Waals surface area (Å²) >= 11 is 0. The van der Waals surface area contributed by atoms with Crippen LogP contribution in [-0.2, 0) is 10.0 Å². The fourth-order valence-electron chi connectivity index (χ4n) is 1.75. The summed E-state index contributed by atoms with van der Waals surface area (Å²) in [5.41, 5.74) is 0. The predicted molar refractivity (Wildman–Crippen MR) is 55.3 cm³/mol. The minimum Gasteiger partial charge on any atom is -0.392 e. The van der Waals surface area contributed by atoms with Gasteiger partial charge in [-0.2, -0.15) is 4.31 Å². The fourth-order valence-corrected chi connectivity index (χ4v) is 3.14. The molecular formula is C9H17NO3S. The van der Waals surface area contributed by atoms with Crippen LogP contribution in [0.5, 0.6) is 0 Å². The molecule has 0 aromatic carbocycles. The molecule has 0 bridgehead atoms. The third kappa shape index (κ3) is 2.80. The largest absolute Gasteiger partial charge is 0.392 e. The van der Waals surface area contributed by atoms with Gasteiger partial charge in [-0.15, -0.1) is 6.58 Å². The molecule has 1 heterocycles. The van der Waals surface area contributed by atoms with E-state index >= 15 is 0 Å². The summed E-state index contributed by atoms with van der Waals surface area (Å²) in [6, 6.07) is 0. The molecule has 0 saturated carbocycles. The predicted octanol–water partition coefficient (Wildman–Crippen LogP) is 0.205. The quantitative estimate of drug-likeness (QED) is 0.690. The third-order valence-electron chi connectivity index (χ3n) is 2.33. The maximum absolute atomic E-state index is 11.6. The Kier molecular flexibility index (Phi) is 3.69. The van der Waals surface area contributed by atoms with Crippen molar-refractivity contribution in [3.63, 3.8) is 0 Å². The smallest absolute Gasteiger partial charge is 0.217 e. The van der Waals surface area contributed by atoms with E-state index in [1.165, 1.54) is 10.4 Å². The molecule has 0 aromatic rings. The lowest BCUT2D eigenvalue weighted by Crippen LogP contribution is -2.46. The standard InChI is InChI=1S/C9H17NO3S/c1-3-4-14(12,13)10-6-8(2)5-9(11)7-10/h3,8-9,11H,1,4-7H2,2H3. The molecule has 5 heteroatoms. The van der Waals surface area contributed by atoms with E-state index in [1.807, 2.05) is 6.92 Å². The van der Waals surface area contributed by atoms with E-state index in [2.05, 4.69) is 6.58 Å². The van der Waals surface area contributed by atoms with Crippen molar-refractivity contribution in [2.75, 3.05) is 18.8 Å². The highest BCUT2D eigenvalue weighted by Crippen LogP contribution is 2.19. The van der Waals surface area contributed by atoms with E-state index in [1.54, 1.807) is 0 Å². The summed E-state index contributed by atoms with van der Waals surface area (Å²) in [5, 5.41) is 9.45. The second-order valence-corrected chi connectivity index (χ2v) is 5.89. The van der Waals surface area contributed by atoms with Gasteiger partial charge in [-0.05, 0) is 12.3 Å². The maximum Gasteiger partial charge on any atom is 0.217 e. The summed E-state index contributed by atoms with van der Waals surface area (Å²) in [6.07, 6.45) is 1.53. The topological polar surface area (TPSA) is 57.6 Å². The van der Waals surface area contributed by atoms with Crippen LogP contribution in [0.2, 0.25) is 0 Å². The van der Waals surface area contributed by atoms with Gasteiger partial charge in [0.15, 0.2) is 0 Å². The van der Waals surface area contributed by atoms with Crippen LogP contribution in [0.1, 0.15) is 13.3 Å². The molecule has 82 valence electrons. The van der Waals surface area contributed by atoms with Crippen LogP contribution in [-0.4, -0.2) is 42.8 Å². The van der Waals surface area contributed by atoms with E-state index in [4.69, 9.17) is 0 Å². The number of β-amino-alcohol motifs (C(OH)–C–C–N with tert-alkyl or cyclic N) is 1. The Balaban J connectivity index is 2.72. The van der Waals surface area contributed by atoms with Gasteiger partial charge in [-0.3, -0.25) is 0 Å². The molecule has 14 heavy (non-hydrogen) atoms. The van der Waals surface area contributed by atoms with Crippen molar-refractivity contribution in [2.45, 2.75) is 19.4 Å². The molecule has 0 aliphatic carbocycles. The molecule has 1 aliphatic rings. The fraction of sp³-hybridized carbons (Fsp3) is 0.778. The molecule has 2 atom stereocenters. The van der Waals surface area contributed by atoms with Gasteiger partial charge in [0.2, 0.25) is 10.0 Å². The molecule has 1 N–H and O–H groups in total. The number of rotatable bonds is 3. The van der Waals surface area contributed by atoms with Gasteiger partial charge < -0.3 is 5.11 Å². The number of nitrogens with zero attached hydrogens (tertiary/aromatic N) is 1. The summed E-state index contributed by atoms with van der Waals surface area (Å²) in [6.45, 7) is 6.08. The van der Waals surface area contributed by atoms with Crippen molar-refractivity contribution < 1.29 is 13.5 Å². The Morgan fingerprint density at radius 2 is 2.21 bits per heavy atom. The summed E-state index contributed by atoms with van der Waals surface area (Å²) in [5.74, 6) is 0.172. The molecule has 1 aliphatic heterocycles. The van der Waals surface area contributed by atoms with E-state index in [0.717, 1.165) is 0 Å². The zero-order valence-corrected chi connectivity index (χ0v) is 9.20. The zero-order chi connectivity index (χ0) is 10.8. The number of hydrogen-bond donors (Lipinski definition) is 1. The Morgan fingerprint density at radius 3 is 2.71 bits per heavy atom. The zero-order valence-electron chi connectivity index (χ0n) is 8.39. The second-order valence-electron chi connectivity index (χ2n) is 3.88. The molecule has 1 saturated heterocycles. The maximum atomic E-state index is 11.6. The lowest BCUT2D eigenvalue weighted by Gasteiger charge is -2.32. The van der Waals surface area contributed by atoms with E-state index in [0.29, 0.717) is 13.0 Å². The highest BCUT2D eigenvalue weighted by Gasteiger charge is 2.30. The first-order valence-corrected chi connectivity index (χ1v) is 6.33. The lowest BCUT2D eigenvalue weighted by atomic mass is 10.00. The van der Waals surface area contributed by atoms with Gasteiger partial charge in [-0.25, -0.2) is 8.42 Å². The average molecular weight is 219 g/mol. The molecule has 0 amide bonds. The summed E-state index contributed by atoms with van der Waals surface area (Å²) in [7, 11) is -3.24. The molecule has 0 radical (unpaired) electrons. The molecular weight excluding hydrogens is 202 g/mol. The van der Waals surface area contributed by atoms with Crippen molar-refractivity contribution in [1.82, 2.24) is 4.31 Å². The monoisotopic (exact) mass is 219 g/mol. The van der Waals surface area contributed by atoms with Crippen LogP contribution in [0.4, 0.5) is 0 Å². The van der Waals surface area contributed by atoms with Gasteiger partial charge >= 0.3 is 0 Å². The van der Waals surface area contributed by atoms with Crippen LogP contribution in [0.3, 0.4) is 0 Å². The molecule has 2 unspecified atom stereocenters. The van der Waals surface area contributed by atoms with Crippen LogP contribution in [0.25, 0.3) is 0 Å². The Morgan fingerprint density at radius 1 is 1.57 bits per heavy atom. The SMILES string of the molecule is C=CCS(=O)(=O)N1CC(C)CC(O)C1. The Labute approximate surface area is 85.3 Å².